The third-order valence-electron chi connectivity index (χ3n) is 3.32. The van der Waals surface area contributed by atoms with Crippen LogP contribution >= 0.6 is 0 Å². The third kappa shape index (κ3) is 3.56. The average molecular weight is 263 g/mol. The standard InChI is InChI=1S/C13H21N5O/c1-3-12-16-11(14)8-13(17-12)18-6-4-10(5-7-18)15-9(2)19/h8,10H,3-7H2,1-2H3,(H,15,19)(H2,14,16,17). The number of nitrogen functional groups attached to an aromatic ring is 1. The number of anilines is 2. The van der Waals surface area contributed by atoms with Gasteiger partial charge < -0.3 is 16.0 Å². The maximum absolute atomic E-state index is 11.0. The lowest BCUT2D eigenvalue weighted by Crippen LogP contribution is -2.44. The summed E-state index contributed by atoms with van der Waals surface area (Å²) in [6, 6.07) is 2.09. The smallest absolute Gasteiger partial charge is 0.217 e. The van der Waals surface area contributed by atoms with Gasteiger partial charge >= 0.3 is 0 Å². The number of aromatic nitrogens is 2. The fourth-order valence-electron chi connectivity index (χ4n) is 2.36. The second-order valence-electron chi connectivity index (χ2n) is 4.88. The van der Waals surface area contributed by atoms with Crippen LogP contribution in [0.4, 0.5) is 11.6 Å². The van der Waals surface area contributed by atoms with Crippen LogP contribution in [0.1, 0.15) is 32.5 Å². The minimum absolute atomic E-state index is 0.0398. The second-order valence-corrected chi connectivity index (χ2v) is 4.88. The molecular formula is C13H21N5O. The summed E-state index contributed by atoms with van der Waals surface area (Å²) in [5.74, 6) is 2.23. The number of carbonyl (C=O) groups is 1. The maximum Gasteiger partial charge on any atom is 0.217 e. The van der Waals surface area contributed by atoms with Gasteiger partial charge in [0.05, 0.1) is 0 Å². The van der Waals surface area contributed by atoms with Crippen LogP contribution in [0, 0.1) is 0 Å². The third-order valence-corrected chi connectivity index (χ3v) is 3.32. The molecule has 1 fully saturated rings. The van der Waals surface area contributed by atoms with Crippen molar-refractivity contribution in [2.45, 2.75) is 39.2 Å². The summed E-state index contributed by atoms with van der Waals surface area (Å²) in [5, 5.41) is 2.96. The predicted octanol–water partition coefficient (Wildman–Crippen LogP) is 0.726. The van der Waals surface area contributed by atoms with Gasteiger partial charge in [-0.3, -0.25) is 4.79 Å². The normalized spacial score (nSPS) is 16.4. The lowest BCUT2D eigenvalue weighted by molar-refractivity contribution is -0.119. The van der Waals surface area contributed by atoms with Gasteiger partial charge in [0, 0.05) is 38.5 Å². The molecule has 1 aliphatic heterocycles. The van der Waals surface area contributed by atoms with Crippen molar-refractivity contribution in [2.24, 2.45) is 0 Å². The number of nitrogens with zero attached hydrogens (tertiary/aromatic N) is 3. The van der Waals surface area contributed by atoms with Gasteiger partial charge in [-0.15, -0.1) is 0 Å². The first-order valence-corrected chi connectivity index (χ1v) is 6.74. The van der Waals surface area contributed by atoms with Crippen LogP contribution in [0.2, 0.25) is 0 Å². The molecule has 0 aromatic carbocycles. The van der Waals surface area contributed by atoms with Crippen LogP contribution in [0.25, 0.3) is 0 Å². The van der Waals surface area contributed by atoms with Gasteiger partial charge in [-0.25, -0.2) is 9.97 Å². The second kappa shape index (κ2) is 5.86. The van der Waals surface area contributed by atoms with Gasteiger partial charge in [0.2, 0.25) is 5.91 Å². The first kappa shape index (κ1) is 13.6. The topological polar surface area (TPSA) is 84.1 Å². The first-order valence-electron chi connectivity index (χ1n) is 6.74. The van der Waals surface area contributed by atoms with Crippen LogP contribution in [0.5, 0.6) is 0 Å². The summed E-state index contributed by atoms with van der Waals surface area (Å²) in [4.78, 5) is 21.9. The molecule has 0 radical (unpaired) electrons. The van der Waals surface area contributed by atoms with Crippen LogP contribution in [-0.4, -0.2) is 35.0 Å². The number of amides is 1. The Kier molecular flexibility index (Phi) is 4.19. The molecule has 3 N–H and O–H groups in total. The summed E-state index contributed by atoms with van der Waals surface area (Å²) in [6.45, 7) is 5.34. The molecule has 19 heavy (non-hydrogen) atoms. The Hall–Kier alpha value is -1.85. The van der Waals surface area contributed by atoms with Crippen molar-refractivity contribution < 1.29 is 4.79 Å². The zero-order chi connectivity index (χ0) is 13.8. The molecule has 1 aliphatic rings. The fraction of sp³-hybridized carbons (Fsp3) is 0.615. The monoisotopic (exact) mass is 263 g/mol. The Morgan fingerprint density at radius 3 is 2.74 bits per heavy atom. The number of carbonyl (C=O) groups excluding carboxylic acids is 1. The zero-order valence-corrected chi connectivity index (χ0v) is 11.5. The van der Waals surface area contributed by atoms with E-state index >= 15 is 0 Å². The van der Waals surface area contributed by atoms with Crippen molar-refractivity contribution in [3.8, 4) is 0 Å². The molecule has 2 rings (SSSR count). The van der Waals surface area contributed by atoms with Gasteiger partial charge in [-0.1, -0.05) is 6.92 Å². The molecule has 6 nitrogen and oxygen atoms in total. The van der Waals surface area contributed by atoms with Gasteiger partial charge in [0.25, 0.3) is 0 Å². The van der Waals surface area contributed by atoms with Crippen LogP contribution in [0.15, 0.2) is 6.07 Å². The molecule has 1 saturated heterocycles. The van der Waals surface area contributed by atoms with Crippen molar-refractivity contribution in [3.63, 3.8) is 0 Å². The van der Waals surface area contributed by atoms with E-state index in [2.05, 4.69) is 20.2 Å². The summed E-state index contributed by atoms with van der Waals surface area (Å²) >= 11 is 0. The molecule has 6 heteroatoms. The SMILES string of the molecule is CCc1nc(N)cc(N2CCC(NC(C)=O)CC2)n1. The molecule has 0 unspecified atom stereocenters. The molecule has 2 heterocycles. The molecule has 1 amide bonds. The van der Waals surface area contributed by atoms with Crippen molar-refractivity contribution in [1.29, 1.82) is 0 Å². The molecule has 0 saturated carbocycles. The van der Waals surface area contributed by atoms with Crippen LogP contribution in [0.3, 0.4) is 0 Å². The number of piperidine rings is 1. The van der Waals surface area contributed by atoms with E-state index in [4.69, 9.17) is 5.73 Å². The quantitative estimate of drug-likeness (QED) is 0.839. The van der Waals surface area contributed by atoms with Crippen molar-refractivity contribution in [3.05, 3.63) is 11.9 Å². The Bertz CT molecular complexity index is 454. The van der Waals surface area contributed by atoms with E-state index in [0.29, 0.717) is 5.82 Å². The van der Waals surface area contributed by atoms with E-state index in [1.54, 1.807) is 6.92 Å². The molecule has 0 spiro atoms. The Morgan fingerprint density at radius 1 is 1.47 bits per heavy atom. The molecule has 1 aromatic heterocycles. The molecular weight excluding hydrogens is 242 g/mol. The van der Waals surface area contributed by atoms with E-state index in [9.17, 15) is 4.79 Å². The van der Waals surface area contributed by atoms with Gasteiger partial charge in [0.1, 0.15) is 17.5 Å². The summed E-state index contributed by atoms with van der Waals surface area (Å²) in [6.07, 6.45) is 2.65. The highest BCUT2D eigenvalue weighted by Gasteiger charge is 2.21. The Morgan fingerprint density at radius 2 is 2.16 bits per heavy atom. The van der Waals surface area contributed by atoms with Gasteiger partial charge in [-0.05, 0) is 12.8 Å². The zero-order valence-electron chi connectivity index (χ0n) is 11.5. The predicted molar refractivity (Wildman–Crippen MR) is 74.9 cm³/mol. The van der Waals surface area contributed by atoms with Crippen LogP contribution in [-0.2, 0) is 11.2 Å². The highest BCUT2D eigenvalue weighted by atomic mass is 16.1. The highest BCUT2D eigenvalue weighted by molar-refractivity contribution is 5.73. The number of hydrogen-bond acceptors (Lipinski definition) is 5. The lowest BCUT2D eigenvalue weighted by Gasteiger charge is -2.33. The summed E-state index contributed by atoms with van der Waals surface area (Å²) in [5.41, 5.74) is 5.80. The van der Waals surface area contributed by atoms with Crippen LogP contribution < -0.4 is 16.0 Å². The van der Waals surface area contributed by atoms with E-state index < -0.39 is 0 Å². The molecule has 0 atom stereocenters. The largest absolute Gasteiger partial charge is 0.384 e. The Balaban J connectivity index is 2.01. The van der Waals surface area contributed by atoms with Crippen molar-refractivity contribution >= 4 is 17.5 Å². The molecule has 0 bridgehead atoms. The fourth-order valence-corrected chi connectivity index (χ4v) is 2.36. The number of nitrogens with one attached hydrogen (secondary N) is 1. The summed E-state index contributed by atoms with van der Waals surface area (Å²) in [7, 11) is 0. The number of aryl methyl sites for hydroxylation is 1. The number of hydrogen-bond donors (Lipinski definition) is 2. The van der Waals surface area contributed by atoms with E-state index in [1.165, 1.54) is 0 Å². The maximum atomic E-state index is 11.0. The lowest BCUT2D eigenvalue weighted by atomic mass is 10.1. The first-order chi connectivity index (χ1) is 9.08. The van der Waals surface area contributed by atoms with Gasteiger partial charge in [-0.2, -0.15) is 0 Å². The minimum Gasteiger partial charge on any atom is -0.384 e. The van der Waals surface area contributed by atoms with Crippen molar-refractivity contribution in [2.75, 3.05) is 23.7 Å². The summed E-state index contributed by atoms with van der Waals surface area (Å²) < 4.78 is 0. The van der Waals surface area contributed by atoms with E-state index in [-0.39, 0.29) is 11.9 Å². The minimum atomic E-state index is 0.0398. The highest BCUT2D eigenvalue weighted by Crippen LogP contribution is 2.19. The molecule has 1 aromatic rings. The van der Waals surface area contributed by atoms with Gasteiger partial charge in [0.15, 0.2) is 0 Å². The van der Waals surface area contributed by atoms with E-state index in [1.807, 2.05) is 13.0 Å². The van der Waals surface area contributed by atoms with E-state index in [0.717, 1.165) is 44.0 Å². The Labute approximate surface area is 113 Å². The number of rotatable bonds is 3. The molecule has 104 valence electrons. The number of nitrogens with two attached hydrogens (primary N) is 1. The average Bonchev–Trinajstić information content (AvgIpc) is 2.38. The molecule has 0 aliphatic carbocycles. The van der Waals surface area contributed by atoms with Crippen molar-refractivity contribution in [1.82, 2.24) is 15.3 Å².